The average Bonchev–Trinajstić information content (AvgIpc) is 3.29. The molecule has 0 bridgehead atoms. The van der Waals surface area contributed by atoms with Gasteiger partial charge in [0.2, 0.25) is 11.6 Å². The fourth-order valence-corrected chi connectivity index (χ4v) is 3.71. The number of nitrogens with zero attached hydrogens (tertiary/aromatic N) is 4. The molecule has 0 spiro atoms. The quantitative estimate of drug-likeness (QED) is 0.313. The normalized spacial score (nSPS) is 11.1. The largest absolute Gasteiger partial charge is 0.418 e. The van der Waals surface area contributed by atoms with E-state index in [4.69, 9.17) is 4.42 Å². The van der Waals surface area contributed by atoms with Crippen LogP contribution in [0, 0.1) is 5.82 Å². The molecule has 0 radical (unpaired) electrons. The minimum absolute atomic E-state index is 0.311. The van der Waals surface area contributed by atoms with Gasteiger partial charge in [0.15, 0.2) is 0 Å². The summed E-state index contributed by atoms with van der Waals surface area (Å²) in [7, 11) is 0. The van der Waals surface area contributed by atoms with Crippen LogP contribution in [-0.2, 0) is 0 Å². The van der Waals surface area contributed by atoms with Gasteiger partial charge in [0.05, 0.1) is 5.52 Å². The summed E-state index contributed by atoms with van der Waals surface area (Å²) in [4.78, 5) is 17.4. The molecule has 8 heteroatoms. The molecule has 0 saturated carbocycles. The second-order valence-corrected chi connectivity index (χ2v) is 7.63. The predicted octanol–water partition coefficient (Wildman–Crippen LogP) is 6.46. The Hall–Kier alpha value is -4.85. The van der Waals surface area contributed by atoms with Crippen molar-refractivity contribution in [2.24, 2.45) is 0 Å². The Balaban J connectivity index is 1.30. The molecule has 0 unspecified atom stereocenters. The molecule has 0 aliphatic heterocycles. The lowest BCUT2D eigenvalue weighted by Gasteiger charge is -2.10. The third-order valence-corrected chi connectivity index (χ3v) is 5.30. The monoisotopic (exact) mass is 448 g/mol. The number of halogens is 1. The molecule has 0 fully saturated rings. The highest BCUT2D eigenvalue weighted by Crippen LogP contribution is 2.30. The van der Waals surface area contributed by atoms with Gasteiger partial charge in [-0.15, -0.1) is 0 Å². The van der Waals surface area contributed by atoms with Crippen molar-refractivity contribution in [1.82, 2.24) is 19.9 Å². The van der Waals surface area contributed by atoms with Gasteiger partial charge in [0.25, 0.3) is 0 Å². The van der Waals surface area contributed by atoms with Crippen LogP contribution in [0.1, 0.15) is 0 Å². The molecule has 6 rings (SSSR count). The molecule has 0 amide bonds. The zero-order valence-corrected chi connectivity index (χ0v) is 17.7. The SMILES string of the molecule is Fc1ccc2nccc(Nc3cccc(-c4nc5ccc(Nc6ccncc6)nc5o4)c3)c2c1. The molecule has 0 saturated heterocycles. The van der Waals surface area contributed by atoms with E-state index in [1.54, 1.807) is 24.7 Å². The average molecular weight is 448 g/mol. The summed E-state index contributed by atoms with van der Waals surface area (Å²) in [6.07, 6.45) is 5.11. The number of benzene rings is 2. The Labute approximate surface area is 193 Å². The Bertz CT molecular complexity index is 1630. The van der Waals surface area contributed by atoms with Gasteiger partial charge in [-0.3, -0.25) is 9.97 Å². The highest BCUT2D eigenvalue weighted by atomic mass is 19.1. The van der Waals surface area contributed by atoms with Crippen LogP contribution in [0.15, 0.2) is 95.8 Å². The summed E-state index contributed by atoms with van der Waals surface area (Å²) >= 11 is 0. The van der Waals surface area contributed by atoms with Crippen molar-refractivity contribution in [1.29, 1.82) is 0 Å². The molecular weight excluding hydrogens is 431 g/mol. The van der Waals surface area contributed by atoms with E-state index < -0.39 is 0 Å². The first-order valence-electron chi connectivity index (χ1n) is 10.6. The fraction of sp³-hybridized carbons (Fsp3) is 0. The maximum absolute atomic E-state index is 13.8. The van der Waals surface area contributed by atoms with Crippen molar-refractivity contribution in [2.45, 2.75) is 0 Å². The van der Waals surface area contributed by atoms with Gasteiger partial charge in [-0.05, 0) is 66.7 Å². The van der Waals surface area contributed by atoms with Crippen molar-refractivity contribution in [3.63, 3.8) is 0 Å². The molecule has 0 atom stereocenters. The van der Waals surface area contributed by atoms with E-state index in [0.29, 0.717) is 33.8 Å². The van der Waals surface area contributed by atoms with Crippen LogP contribution in [0.4, 0.5) is 27.3 Å². The standard InChI is InChI=1S/C26H17FN6O/c27-17-4-5-21-20(15-17)22(10-13-29-21)30-19-3-1-2-16(14-19)25-32-23-6-7-24(33-26(23)34-25)31-18-8-11-28-12-9-18/h1-15H,(H,29,30)(H,28,31,33). The number of oxazole rings is 1. The minimum atomic E-state index is -0.311. The second-order valence-electron chi connectivity index (χ2n) is 7.63. The highest BCUT2D eigenvalue weighted by molar-refractivity contribution is 5.93. The first kappa shape index (κ1) is 19.8. The first-order chi connectivity index (χ1) is 16.7. The van der Waals surface area contributed by atoms with Crippen LogP contribution in [0.3, 0.4) is 0 Å². The summed E-state index contributed by atoms with van der Waals surface area (Å²) in [6.45, 7) is 0. The Morgan fingerprint density at radius 1 is 0.735 bits per heavy atom. The number of hydrogen-bond donors (Lipinski definition) is 2. The zero-order chi connectivity index (χ0) is 22.9. The van der Waals surface area contributed by atoms with Crippen LogP contribution in [0.25, 0.3) is 33.6 Å². The number of pyridine rings is 3. The number of hydrogen-bond acceptors (Lipinski definition) is 7. The van der Waals surface area contributed by atoms with Crippen LogP contribution in [-0.4, -0.2) is 19.9 Å². The van der Waals surface area contributed by atoms with E-state index in [-0.39, 0.29) is 5.82 Å². The maximum Gasteiger partial charge on any atom is 0.249 e. The van der Waals surface area contributed by atoms with E-state index in [9.17, 15) is 4.39 Å². The molecule has 2 N–H and O–H groups in total. The summed E-state index contributed by atoms with van der Waals surface area (Å²) in [5.41, 5.74) is 5.04. The molecule has 7 nitrogen and oxygen atoms in total. The number of anilines is 4. The minimum Gasteiger partial charge on any atom is -0.418 e. The van der Waals surface area contributed by atoms with E-state index in [0.717, 1.165) is 22.6 Å². The molecule has 0 aliphatic carbocycles. The molecule has 164 valence electrons. The predicted molar refractivity (Wildman–Crippen MR) is 130 cm³/mol. The summed E-state index contributed by atoms with van der Waals surface area (Å²) < 4.78 is 19.8. The summed E-state index contributed by atoms with van der Waals surface area (Å²) in [5.74, 6) is 0.792. The Morgan fingerprint density at radius 3 is 2.53 bits per heavy atom. The molecule has 2 aromatic carbocycles. The van der Waals surface area contributed by atoms with Gasteiger partial charge >= 0.3 is 0 Å². The van der Waals surface area contributed by atoms with Crippen molar-refractivity contribution in [2.75, 3.05) is 10.6 Å². The van der Waals surface area contributed by atoms with E-state index >= 15 is 0 Å². The lowest BCUT2D eigenvalue weighted by atomic mass is 10.1. The van der Waals surface area contributed by atoms with E-state index in [1.807, 2.05) is 54.6 Å². The highest BCUT2D eigenvalue weighted by Gasteiger charge is 2.12. The van der Waals surface area contributed by atoms with Gasteiger partial charge in [0, 0.05) is 46.6 Å². The second kappa shape index (κ2) is 8.25. The molecular formula is C26H17FN6O. The maximum atomic E-state index is 13.8. The molecule has 6 aromatic rings. The van der Waals surface area contributed by atoms with Crippen LogP contribution in [0.5, 0.6) is 0 Å². The van der Waals surface area contributed by atoms with Gasteiger partial charge in [-0.1, -0.05) is 6.07 Å². The van der Waals surface area contributed by atoms with Gasteiger partial charge in [0.1, 0.15) is 17.2 Å². The first-order valence-corrected chi connectivity index (χ1v) is 10.6. The zero-order valence-electron chi connectivity index (χ0n) is 17.7. The van der Waals surface area contributed by atoms with Crippen molar-refractivity contribution in [3.05, 3.63) is 97.2 Å². The van der Waals surface area contributed by atoms with Crippen LogP contribution in [0.2, 0.25) is 0 Å². The molecule has 4 heterocycles. The van der Waals surface area contributed by atoms with Gasteiger partial charge < -0.3 is 15.1 Å². The van der Waals surface area contributed by atoms with Crippen molar-refractivity contribution in [3.8, 4) is 11.5 Å². The topological polar surface area (TPSA) is 88.8 Å². The van der Waals surface area contributed by atoms with Crippen LogP contribution >= 0.6 is 0 Å². The molecule has 4 aromatic heterocycles. The smallest absolute Gasteiger partial charge is 0.249 e. The van der Waals surface area contributed by atoms with Crippen molar-refractivity contribution < 1.29 is 8.81 Å². The third-order valence-electron chi connectivity index (χ3n) is 5.30. The van der Waals surface area contributed by atoms with E-state index in [1.165, 1.54) is 12.1 Å². The Kier molecular flexibility index (Phi) is 4.81. The lowest BCUT2D eigenvalue weighted by molar-refractivity contribution is 0.608. The number of aromatic nitrogens is 4. The lowest BCUT2D eigenvalue weighted by Crippen LogP contribution is -1.93. The number of nitrogens with one attached hydrogen (secondary N) is 2. The summed E-state index contributed by atoms with van der Waals surface area (Å²) in [5, 5.41) is 7.27. The summed E-state index contributed by atoms with van der Waals surface area (Å²) in [6, 6.07) is 21.4. The third kappa shape index (κ3) is 3.88. The van der Waals surface area contributed by atoms with Gasteiger partial charge in [-0.25, -0.2) is 9.37 Å². The molecule has 34 heavy (non-hydrogen) atoms. The molecule has 0 aliphatic rings. The number of fused-ring (bicyclic) bond motifs is 2. The van der Waals surface area contributed by atoms with Gasteiger partial charge in [-0.2, -0.15) is 4.98 Å². The van der Waals surface area contributed by atoms with E-state index in [2.05, 4.69) is 30.6 Å². The number of rotatable bonds is 5. The fourth-order valence-electron chi connectivity index (χ4n) is 3.71. The van der Waals surface area contributed by atoms with Crippen molar-refractivity contribution >= 4 is 45.0 Å². The Morgan fingerprint density at radius 2 is 1.62 bits per heavy atom. The van der Waals surface area contributed by atoms with Crippen LogP contribution < -0.4 is 10.6 Å².